The first-order valence-corrected chi connectivity index (χ1v) is 13.8. The molecule has 3 heteroatoms. The van der Waals surface area contributed by atoms with E-state index in [1.165, 1.54) is 47.9 Å². The highest BCUT2D eigenvalue weighted by atomic mass is 16.5. The number of rotatable bonds is 11. The van der Waals surface area contributed by atoms with Crippen molar-refractivity contribution < 1.29 is 14.3 Å². The van der Waals surface area contributed by atoms with Crippen LogP contribution in [-0.4, -0.2) is 19.2 Å². The Hall–Kier alpha value is -2.55. The highest BCUT2D eigenvalue weighted by Crippen LogP contribution is 2.50. The normalized spacial score (nSPS) is 15.8. The summed E-state index contributed by atoms with van der Waals surface area (Å²) in [5.74, 6) is 0.309. The van der Waals surface area contributed by atoms with E-state index >= 15 is 0 Å². The number of hydrogen-bond donors (Lipinski definition) is 0. The number of ether oxygens (including phenoxy) is 2. The van der Waals surface area contributed by atoms with Gasteiger partial charge in [0.2, 0.25) is 0 Å². The van der Waals surface area contributed by atoms with Crippen LogP contribution in [0.4, 0.5) is 0 Å². The minimum Gasteiger partial charge on any atom is -0.493 e. The van der Waals surface area contributed by atoms with Gasteiger partial charge in [-0.05, 0) is 78.3 Å². The van der Waals surface area contributed by atoms with Gasteiger partial charge in [0.1, 0.15) is 5.75 Å². The molecule has 1 aliphatic carbocycles. The van der Waals surface area contributed by atoms with E-state index in [0.717, 1.165) is 30.4 Å². The van der Waals surface area contributed by atoms with Gasteiger partial charge >= 0.3 is 5.97 Å². The highest BCUT2D eigenvalue weighted by Gasteiger charge is 2.39. The molecule has 2 aromatic rings. The van der Waals surface area contributed by atoms with Crippen LogP contribution in [0.15, 0.2) is 36.9 Å². The lowest BCUT2D eigenvalue weighted by atomic mass is 9.61. The Bertz CT molecular complexity index is 1090. The number of fused-ring (bicyclic) bond motifs is 1. The Morgan fingerprint density at radius 2 is 1.64 bits per heavy atom. The average molecular weight is 491 g/mol. The maximum Gasteiger partial charge on any atom is 0.338 e. The molecule has 3 nitrogen and oxygen atoms in total. The molecule has 0 aromatic heterocycles. The molecular weight excluding hydrogens is 444 g/mol. The van der Waals surface area contributed by atoms with Crippen molar-refractivity contribution in [3.8, 4) is 16.9 Å². The molecule has 1 aliphatic rings. The first-order chi connectivity index (χ1) is 17.0. The van der Waals surface area contributed by atoms with Crippen LogP contribution >= 0.6 is 0 Å². The fraction of sp³-hybridized carbons (Fsp3) is 0.545. The summed E-state index contributed by atoms with van der Waals surface area (Å²) in [5, 5.41) is 0. The van der Waals surface area contributed by atoms with Crippen LogP contribution in [0.2, 0.25) is 0 Å². The van der Waals surface area contributed by atoms with Gasteiger partial charge in [-0.25, -0.2) is 4.79 Å². The van der Waals surface area contributed by atoms with Gasteiger partial charge in [0.15, 0.2) is 0 Å². The van der Waals surface area contributed by atoms with Crippen molar-refractivity contribution in [1.29, 1.82) is 0 Å². The third-order valence-electron chi connectivity index (χ3n) is 7.71. The number of hydrogen-bond acceptors (Lipinski definition) is 3. The van der Waals surface area contributed by atoms with Crippen molar-refractivity contribution in [3.05, 3.63) is 59.2 Å². The number of aryl methyl sites for hydroxylation is 1. The Kier molecular flexibility index (Phi) is 9.08. The molecule has 0 bridgehead atoms. The van der Waals surface area contributed by atoms with E-state index in [9.17, 15) is 4.79 Å². The molecule has 0 atom stereocenters. The number of carbonyl (C=O) groups is 1. The lowest BCUT2D eigenvalue weighted by Gasteiger charge is -2.43. The first-order valence-electron chi connectivity index (χ1n) is 13.8. The van der Waals surface area contributed by atoms with Crippen LogP contribution < -0.4 is 4.74 Å². The molecule has 0 radical (unpaired) electrons. The largest absolute Gasteiger partial charge is 0.493 e. The minimum absolute atomic E-state index is 0.0693. The highest BCUT2D eigenvalue weighted by molar-refractivity contribution is 6.16. The van der Waals surface area contributed by atoms with Gasteiger partial charge in [-0.3, -0.25) is 0 Å². The van der Waals surface area contributed by atoms with Gasteiger partial charge in [0, 0.05) is 5.56 Å². The van der Waals surface area contributed by atoms with Crippen molar-refractivity contribution in [2.45, 2.75) is 104 Å². The smallest absolute Gasteiger partial charge is 0.338 e. The minimum atomic E-state index is -0.393. The zero-order chi connectivity index (χ0) is 26.5. The summed E-state index contributed by atoms with van der Waals surface area (Å²) < 4.78 is 11.5. The number of carbonyl (C=O) groups excluding carboxylic acids is 1. The standard InChI is InChI=1S/C33H46O3/c1-9-11-12-13-14-19-36-29-16-15-25(22-26(29)24(4)31(34)35-10-2)27-20-23(3)21-28-30(27)33(7,8)18-17-32(28,5)6/h15-16,20-22H,4,9-14,17-19H2,1-3,5-8H3. The fourth-order valence-corrected chi connectivity index (χ4v) is 5.44. The monoisotopic (exact) mass is 490 g/mol. The molecule has 0 N–H and O–H groups in total. The molecule has 0 saturated heterocycles. The number of benzene rings is 2. The van der Waals surface area contributed by atoms with E-state index in [4.69, 9.17) is 9.47 Å². The number of unbranched alkanes of at least 4 members (excludes halogenated alkanes) is 4. The molecule has 36 heavy (non-hydrogen) atoms. The third kappa shape index (κ3) is 6.22. The maximum atomic E-state index is 12.7. The zero-order valence-corrected chi connectivity index (χ0v) is 23.7. The zero-order valence-electron chi connectivity index (χ0n) is 23.7. The summed E-state index contributed by atoms with van der Waals surface area (Å²) in [5.41, 5.74) is 7.72. The van der Waals surface area contributed by atoms with Crippen molar-refractivity contribution in [3.63, 3.8) is 0 Å². The Morgan fingerprint density at radius 3 is 2.33 bits per heavy atom. The van der Waals surface area contributed by atoms with E-state index in [0.29, 0.717) is 24.5 Å². The lowest BCUT2D eigenvalue weighted by molar-refractivity contribution is -0.136. The van der Waals surface area contributed by atoms with Crippen molar-refractivity contribution in [2.24, 2.45) is 0 Å². The van der Waals surface area contributed by atoms with E-state index in [2.05, 4.69) is 72.4 Å². The molecule has 196 valence electrons. The Balaban J connectivity index is 2.06. The molecule has 0 unspecified atom stereocenters. The average Bonchev–Trinajstić information content (AvgIpc) is 2.83. The summed E-state index contributed by atoms with van der Waals surface area (Å²) in [7, 11) is 0. The molecule has 0 aliphatic heterocycles. The Labute approximate surface area is 219 Å². The van der Waals surface area contributed by atoms with Gasteiger partial charge in [-0.2, -0.15) is 0 Å². The van der Waals surface area contributed by atoms with Gasteiger partial charge in [-0.1, -0.05) is 90.6 Å². The van der Waals surface area contributed by atoms with Crippen molar-refractivity contribution in [2.75, 3.05) is 13.2 Å². The molecule has 0 fully saturated rings. The van der Waals surface area contributed by atoms with E-state index in [1.54, 1.807) is 0 Å². The summed E-state index contributed by atoms with van der Waals surface area (Å²) in [4.78, 5) is 12.7. The topological polar surface area (TPSA) is 35.5 Å². The molecule has 3 rings (SSSR count). The molecule has 2 aromatic carbocycles. The Morgan fingerprint density at radius 1 is 0.944 bits per heavy atom. The molecule has 0 spiro atoms. The van der Waals surface area contributed by atoms with Gasteiger partial charge in [0.25, 0.3) is 0 Å². The van der Waals surface area contributed by atoms with Crippen molar-refractivity contribution >= 4 is 11.5 Å². The fourth-order valence-electron chi connectivity index (χ4n) is 5.44. The van der Waals surface area contributed by atoms with E-state index in [-0.39, 0.29) is 10.8 Å². The maximum absolute atomic E-state index is 12.7. The van der Waals surface area contributed by atoms with Gasteiger partial charge < -0.3 is 9.47 Å². The second kappa shape index (κ2) is 11.7. The van der Waals surface area contributed by atoms with Gasteiger partial charge in [0.05, 0.1) is 18.8 Å². The van der Waals surface area contributed by atoms with Gasteiger partial charge in [-0.15, -0.1) is 0 Å². The quantitative estimate of drug-likeness (QED) is 0.179. The lowest BCUT2D eigenvalue weighted by Crippen LogP contribution is -2.34. The summed E-state index contributed by atoms with van der Waals surface area (Å²) >= 11 is 0. The molecule has 0 amide bonds. The van der Waals surface area contributed by atoms with Crippen LogP contribution in [-0.2, 0) is 20.4 Å². The van der Waals surface area contributed by atoms with E-state index < -0.39 is 5.97 Å². The number of esters is 1. The van der Waals surface area contributed by atoms with Crippen LogP contribution in [0.5, 0.6) is 5.75 Å². The second-order valence-corrected chi connectivity index (χ2v) is 11.7. The molecule has 0 heterocycles. The summed E-state index contributed by atoms with van der Waals surface area (Å²) in [6.07, 6.45) is 8.18. The summed E-state index contributed by atoms with van der Waals surface area (Å²) in [6, 6.07) is 10.9. The van der Waals surface area contributed by atoms with Crippen LogP contribution in [0.1, 0.15) is 109 Å². The van der Waals surface area contributed by atoms with Crippen LogP contribution in [0.3, 0.4) is 0 Å². The SMILES string of the molecule is C=C(C(=O)OCC)c1cc(-c2cc(C)cc3c2C(C)(C)CCC3(C)C)ccc1OCCCCCCC. The van der Waals surface area contributed by atoms with E-state index in [1.807, 2.05) is 13.0 Å². The molecule has 0 saturated carbocycles. The molecular formula is C33H46O3. The third-order valence-corrected chi connectivity index (χ3v) is 7.71. The predicted molar refractivity (Wildman–Crippen MR) is 152 cm³/mol. The predicted octanol–water partition coefficient (Wildman–Crippen LogP) is 8.94. The van der Waals surface area contributed by atoms with Crippen molar-refractivity contribution in [1.82, 2.24) is 0 Å². The second-order valence-electron chi connectivity index (χ2n) is 11.7. The van der Waals surface area contributed by atoms with Crippen LogP contribution in [0, 0.1) is 6.92 Å². The van der Waals surface area contributed by atoms with Crippen LogP contribution in [0.25, 0.3) is 16.7 Å². The summed E-state index contributed by atoms with van der Waals surface area (Å²) in [6.45, 7) is 20.7. The first kappa shape index (κ1) is 28.0.